The maximum atomic E-state index is 11.8. The molecule has 0 unspecified atom stereocenters. The zero-order valence-electron chi connectivity index (χ0n) is 8.97. The molecule has 0 aliphatic carbocycles. The summed E-state index contributed by atoms with van der Waals surface area (Å²) >= 11 is 2.10. The van der Waals surface area contributed by atoms with E-state index in [1.165, 1.54) is 0 Å². The van der Waals surface area contributed by atoms with E-state index in [9.17, 15) is 4.79 Å². The number of nitrogens with zero attached hydrogens (tertiary/aromatic N) is 1. The Morgan fingerprint density at radius 1 is 1.23 bits per heavy atom. The van der Waals surface area contributed by atoms with Crippen molar-refractivity contribution in [2.45, 2.75) is 46.7 Å². The number of hydrogen-bond donors (Lipinski definition) is 0. The van der Waals surface area contributed by atoms with E-state index in [1.54, 1.807) is 0 Å². The molecule has 0 aromatic rings. The van der Waals surface area contributed by atoms with Crippen molar-refractivity contribution in [3.63, 3.8) is 0 Å². The maximum absolute atomic E-state index is 11.8. The molecule has 0 radical (unpaired) electrons. The zero-order chi connectivity index (χ0) is 10.6. The molecular weight excluding hydrogens is 277 g/mol. The fourth-order valence-electron chi connectivity index (χ4n) is 1.32. The molecule has 0 aliphatic rings. The van der Waals surface area contributed by atoms with Gasteiger partial charge in [0.15, 0.2) is 0 Å². The van der Waals surface area contributed by atoms with Crippen LogP contribution in [0.3, 0.4) is 0 Å². The van der Waals surface area contributed by atoms with Gasteiger partial charge in [-0.3, -0.25) is 4.79 Å². The van der Waals surface area contributed by atoms with Crippen molar-refractivity contribution < 1.29 is 4.79 Å². The molecule has 3 heteroatoms. The van der Waals surface area contributed by atoms with Crippen LogP contribution in [-0.2, 0) is 4.79 Å². The summed E-state index contributed by atoms with van der Waals surface area (Å²) in [5, 5.41) is 0. The Kier molecular flexibility index (Phi) is 5.60. The van der Waals surface area contributed by atoms with Gasteiger partial charge < -0.3 is 4.90 Å². The van der Waals surface area contributed by atoms with Gasteiger partial charge in [0.05, 0.1) is 0 Å². The summed E-state index contributed by atoms with van der Waals surface area (Å²) in [6, 6.07) is 0.526. The highest BCUT2D eigenvalue weighted by molar-refractivity contribution is 14.1. The normalized spacial score (nSPS) is 12.5. The summed E-state index contributed by atoms with van der Waals surface area (Å²) in [6.07, 6.45) is 0. The van der Waals surface area contributed by atoms with Crippen LogP contribution in [-0.4, -0.2) is 22.9 Å². The largest absolute Gasteiger partial charge is 0.334 e. The number of carbonyl (C=O) groups is 1. The highest BCUT2D eigenvalue weighted by Gasteiger charge is 2.20. The first-order valence-corrected chi connectivity index (χ1v) is 5.76. The van der Waals surface area contributed by atoms with Crippen LogP contribution in [0.1, 0.15) is 34.6 Å². The predicted molar refractivity (Wildman–Crippen MR) is 64.9 cm³/mol. The van der Waals surface area contributed by atoms with Crippen molar-refractivity contribution in [3.8, 4) is 0 Å². The molecule has 76 valence electrons. The van der Waals surface area contributed by atoms with Crippen molar-refractivity contribution in [1.82, 2.24) is 4.90 Å². The van der Waals surface area contributed by atoms with Crippen molar-refractivity contribution in [1.29, 1.82) is 0 Å². The van der Waals surface area contributed by atoms with Crippen LogP contribution in [0.2, 0.25) is 0 Å². The van der Waals surface area contributed by atoms with Crippen LogP contribution in [0.25, 0.3) is 0 Å². The lowest BCUT2D eigenvalue weighted by Gasteiger charge is -2.30. The fourth-order valence-corrected chi connectivity index (χ4v) is 1.58. The number of amides is 1. The van der Waals surface area contributed by atoms with Crippen LogP contribution >= 0.6 is 22.6 Å². The lowest BCUT2D eigenvalue weighted by atomic mass is 10.2. The summed E-state index contributed by atoms with van der Waals surface area (Å²) in [6.45, 7) is 10.0. The van der Waals surface area contributed by atoms with E-state index in [4.69, 9.17) is 0 Å². The molecule has 0 spiro atoms. The summed E-state index contributed by atoms with van der Waals surface area (Å²) in [5.41, 5.74) is 0.808. The topological polar surface area (TPSA) is 20.3 Å². The molecule has 0 saturated heterocycles. The third-order valence-electron chi connectivity index (χ3n) is 1.85. The molecule has 2 nitrogen and oxygen atoms in total. The molecule has 0 aromatic heterocycles. The second-order valence-corrected chi connectivity index (χ2v) is 4.31. The lowest BCUT2D eigenvalue weighted by Crippen LogP contribution is -2.42. The van der Waals surface area contributed by atoms with E-state index in [2.05, 4.69) is 22.6 Å². The Morgan fingerprint density at radius 2 is 1.62 bits per heavy atom. The molecular formula is C10H18INO. The van der Waals surface area contributed by atoms with E-state index in [0.717, 1.165) is 5.57 Å². The van der Waals surface area contributed by atoms with Crippen LogP contribution in [0.4, 0.5) is 0 Å². The molecule has 0 aliphatic heterocycles. The number of hydrogen-bond acceptors (Lipinski definition) is 1. The van der Waals surface area contributed by atoms with Gasteiger partial charge in [0.25, 0.3) is 0 Å². The molecule has 0 N–H and O–H groups in total. The van der Waals surface area contributed by atoms with Crippen LogP contribution in [0, 0.1) is 0 Å². The van der Waals surface area contributed by atoms with Gasteiger partial charge in [-0.1, -0.05) is 22.6 Å². The van der Waals surface area contributed by atoms with Gasteiger partial charge in [-0.05, 0) is 38.7 Å². The number of carbonyl (C=O) groups excluding carboxylic acids is 1. The van der Waals surface area contributed by atoms with E-state index in [0.29, 0.717) is 0 Å². The minimum atomic E-state index is 0.138. The van der Waals surface area contributed by atoms with Gasteiger partial charge in [-0.2, -0.15) is 0 Å². The van der Waals surface area contributed by atoms with Crippen molar-refractivity contribution in [2.24, 2.45) is 0 Å². The Balaban J connectivity index is 4.67. The first-order valence-electron chi connectivity index (χ1n) is 4.51. The smallest absolute Gasteiger partial charge is 0.250 e. The second-order valence-electron chi connectivity index (χ2n) is 3.69. The average molecular weight is 295 g/mol. The molecule has 13 heavy (non-hydrogen) atoms. The van der Waals surface area contributed by atoms with Gasteiger partial charge in [0.2, 0.25) is 5.91 Å². The SMILES string of the molecule is C/C(=C/I)C(=O)N(C(C)C)C(C)C. The van der Waals surface area contributed by atoms with E-state index in [-0.39, 0.29) is 18.0 Å². The summed E-state index contributed by atoms with van der Waals surface area (Å²) in [4.78, 5) is 13.7. The first kappa shape index (κ1) is 12.9. The lowest BCUT2D eigenvalue weighted by molar-refractivity contribution is -0.130. The molecule has 0 bridgehead atoms. The molecule has 0 fully saturated rings. The molecule has 0 aromatic carbocycles. The van der Waals surface area contributed by atoms with Gasteiger partial charge in [-0.15, -0.1) is 0 Å². The van der Waals surface area contributed by atoms with Gasteiger partial charge in [0, 0.05) is 17.7 Å². The highest BCUT2D eigenvalue weighted by Crippen LogP contribution is 2.11. The summed E-state index contributed by atoms with van der Waals surface area (Å²) in [7, 11) is 0. The Labute approximate surface area is 94.5 Å². The molecule has 0 atom stereocenters. The molecule has 0 heterocycles. The Bertz CT molecular complexity index is 201. The second kappa shape index (κ2) is 5.62. The van der Waals surface area contributed by atoms with E-state index >= 15 is 0 Å². The molecule has 0 rings (SSSR count). The highest BCUT2D eigenvalue weighted by atomic mass is 127. The number of halogens is 1. The van der Waals surface area contributed by atoms with Crippen LogP contribution in [0.5, 0.6) is 0 Å². The van der Waals surface area contributed by atoms with E-state index in [1.807, 2.05) is 43.6 Å². The van der Waals surface area contributed by atoms with Gasteiger partial charge >= 0.3 is 0 Å². The summed E-state index contributed by atoms with van der Waals surface area (Å²) < 4.78 is 1.83. The minimum Gasteiger partial charge on any atom is -0.334 e. The third kappa shape index (κ3) is 3.67. The predicted octanol–water partition coefficient (Wildman–Crippen LogP) is 2.97. The van der Waals surface area contributed by atoms with E-state index < -0.39 is 0 Å². The van der Waals surface area contributed by atoms with Crippen molar-refractivity contribution in [3.05, 3.63) is 9.66 Å². The van der Waals surface area contributed by atoms with Crippen molar-refractivity contribution >= 4 is 28.5 Å². The van der Waals surface area contributed by atoms with Crippen LogP contribution < -0.4 is 0 Å². The van der Waals surface area contributed by atoms with Gasteiger partial charge in [0.1, 0.15) is 0 Å². The molecule has 0 saturated carbocycles. The fraction of sp³-hybridized carbons (Fsp3) is 0.700. The number of rotatable bonds is 3. The monoisotopic (exact) mass is 295 g/mol. The zero-order valence-corrected chi connectivity index (χ0v) is 11.1. The Hall–Kier alpha value is -0.0600. The third-order valence-corrected chi connectivity index (χ3v) is 2.78. The minimum absolute atomic E-state index is 0.138. The van der Waals surface area contributed by atoms with Crippen molar-refractivity contribution in [2.75, 3.05) is 0 Å². The summed E-state index contributed by atoms with van der Waals surface area (Å²) in [5.74, 6) is 0.138. The Morgan fingerprint density at radius 3 is 1.85 bits per heavy atom. The molecule has 1 amide bonds. The quantitative estimate of drug-likeness (QED) is 0.579. The average Bonchev–Trinajstić information content (AvgIpc) is 2.01. The maximum Gasteiger partial charge on any atom is 0.250 e. The van der Waals surface area contributed by atoms with Crippen LogP contribution in [0.15, 0.2) is 9.66 Å². The standard InChI is InChI=1S/C10H18INO/c1-7(2)12(8(3)4)10(13)9(5)6-11/h6-8H,1-5H3/b9-6-. The first-order chi connectivity index (χ1) is 5.91. The van der Waals surface area contributed by atoms with Gasteiger partial charge in [-0.25, -0.2) is 0 Å².